The number of thiocarbonyl (C=S) groups is 1. The number of carboxylic acid groups (broad SMARTS) is 1. The van der Waals surface area contributed by atoms with E-state index in [1.807, 2.05) is 0 Å². The van der Waals surface area contributed by atoms with Gasteiger partial charge in [-0.1, -0.05) is 47.7 Å². The van der Waals surface area contributed by atoms with Crippen LogP contribution in [-0.2, 0) is 4.79 Å². The van der Waals surface area contributed by atoms with Gasteiger partial charge in [-0.05, 0) is 48.0 Å². The molecule has 120 valence electrons. The first-order valence-corrected chi connectivity index (χ1v) is 8.43. The number of thioether (sulfide) groups is 1. The summed E-state index contributed by atoms with van der Waals surface area (Å²) in [4.78, 5) is 25.4. The summed E-state index contributed by atoms with van der Waals surface area (Å²) in [5.74, 6) is -1.20. The number of nitrogens with zero attached hydrogens (tertiary/aromatic N) is 1. The molecule has 2 aromatic rings. The van der Waals surface area contributed by atoms with Gasteiger partial charge in [0.25, 0.3) is 5.91 Å². The fourth-order valence-corrected chi connectivity index (χ4v) is 3.58. The molecular weight excluding hydrogens is 366 g/mol. The summed E-state index contributed by atoms with van der Waals surface area (Å²) in [6, 6.07) is 13.2. The highest BCUT2D eigenvalue weighted by atomic mass is 35.5. The minimum atomic E-state index is -0.990. The van der Waals surface area contributed by atoms with Crippen LogP contribution >= 0.6 is 35.6 Å². The Morgan fingerprint density at radius 2 is 1.75 bits per heavy atom. The van der Waals surface area contributed by atoms with Gasteiger partial charge in [0, 0.05) is 5.02 Å². The summed E-state index contributed by atoms with van der Waals surface area (Å²) in [7, 11) is 0. The molecule has 1 N–H and O–H groups in total. The molecular formula is C17H10ClNO3S2. The average Bonchev–Trinajstić information content (AvgIpc) is 2.83. The molecule has 2 aromatic carbocycles. The zero-order valence-corrected chi connectivity index (χ0v) is 14.5. The fraction of sp³-hybridized carbons (Fsp3) is 0. The van der Waals surface area contributed by atoms with Crippen LogP contribution in [0.2, 0.25) is 5.02 Å². The van der Waals surface area contributed by atoms with Gasteiger partial charge in [0.2, 0.25) is 0 Å². The minimum absolute atomic E-state index is 0.195. The number of rotatable bonds is 3. The van der Waals surface area contributed by atoms with Crippen molar-refractivity contribution in [1.29, 1.82) is 0 Å². The molecule has 0 atom stereocenters. The normalized spacial score (nSPS) is 16.0. The molecule has 7 heteroatoms. The van der Waals surface area contributed by atoms with Crippen LogP contribution in [-0.4, -0.2) is 21.3 Å². The maximum absolute atomic E-state index is 12.6. The Morgan fingerprint density at radius 1 is 1.12 bits per heavy atom. The van der Waals surface area contributed by atoms with E-state index >= 15 is 0 Å². The third-order valence-corrected chi connectivity index (χ3v) is 4.89. The highest BCUT2D eigenvalue weighted by molar-refractivity contribution is 8.27. The van der Waals surface area contributed by atoms with Crippen molar-refractivity contribution in [1.82, 2.24) is 0 Å². The molecule has 4 nitrogen and oxygen atoms in total. The summed E-state index contributed by atoms with van der Waals surface area (Å²) in [6.45, 7) is 0. The van der Waals surface area contributed by atoms with Gasteiger partial charge in [-0.15, -0.1) is 0 Å². The fourth-order valence-electron chi connectivity index (χ4n) is 2.15. The Labute approximate surface area is 152 Å². The van der Waals surface area contributed by atoms with Crippen molar-refractivity contribution in [3.05, 3.63) is 69.6 Å². The zero-order valence-electron chi connectivity index (χ0n) is 12.1. The number of aromatic carboxylic acids is 1. The van der Waals surface area contributed by atoms with E-state index < -0.39 is 5.97 Å². The highest BCUT2D eigenvalue weighted by Gasteiger charge is 2.33. The molecule has 0 aromatic heterocycles. The quantitative estimate of drug-likeness (QED) is 0.634. The molecule has 0 radical (unpaired) electrons. The average molecular weight is 376 g/mol. The molecule has 1 heterocycles. The van der Waals surface area contributed by atoms with Crippen LogP contribution in [0, 0.1) is 0 Å². The molecule has 0 saturated carbocycles. The monoisotopic (exact) mass is 375 g/mol. The van der Waals surface area contributed by atoms with Crippen LogP contribution in [0.4, 0.5) is 5.69 Å². The van der Waals surface area contributed by atoms with Crippen molar-refractivity contribution >= 4 is 63.5 Å². The molecule has 0 unspecified atom stereocenters. The standard InChI is InChI=1S/C17H10ClNO3S2/c18-12-5-7-13(8-6-12)19-15(20)14(24-17(19)23)9-10-1-3-11(4-2-10)16(21)22/h1-9H,(H,21,22). The summed E-state index contributed by atoms with van der Waals surface area (Å²) < 4.78 is 0.440. The first kappa shape index (κ1) is 16.7. The third-order valence-electron chi connectivity index (χ3n) is 3.33. The van der Waals surface area contributed by atoms with E-state index in [1.54, 1.807) is 42.5 Å². The second-order valence-corrected chi connectivity index (χ2v) is 7.03. The highest BCUT2D eigenvalue weighted by Crippen LogP contribution is 2.36. The van der Waals surface area contributed by atoms with Gasteiger partial charge in [0.15, 0.2) is 4.32 Å². The summed E-state index contributed by atoms with van der Waals surface area (Å²) in [6.07, 6.45) is 1.70. The molecule has 3 rings (SSSR count). The summed E-state index contributed by atoms with van der Waals surface area (Å²) in [5.41, 5.74) is 1.59. The lowest BCUT2D eigenvalue weighted by atomic mass is 10.1. The second-order valence-electron chi connectivity index (χ2n) is 4.92. The molecule has 1 aliphatic rings. The zero-order chi connectivity index (χ0) is 17.3. The van der Waals surface area contributed by atoms with Gasteiger partial charge in [-0.3, -0.25) is 9.69 Å². The molecule has 1 fully saturated rings. The molecule has 1 aliphatic heterocycles. The van der Waals surface area contributed by atoms with E-state index in [-0.39, 0.29) is 11.5 Å². The predicted octanol–water partition coefficient (Wildman–Crippen LogP) is 4.44. The Kier molecular flexibility index (Phi) is 4.71. The van der Waals surface area contributed by atoms with Crippen molar-refractivity contribution in [2.24, 2.45) is 0 Å². The van der Waals surface area contributed by atoms with E-state index in [0.29, 0.717) is 19.9 Å². The number of carboxylic acids is 1. The first-order valence-electron chi connectivity index (χ1n) is 6.82. The number of benzene rings is 2. The Morgan fingerprint density at radius 3 is 2.33 bits per heavy atom. The van der Waals surface area contributed by atoms with Gasteiger partial charge in [-0.25, -0.2) is 4.79 Å². The lowest BCUT2D eigenvalue weighted by Gasteiger charge is -2.14. The van der Waals surface area contributed by atoms with Crippen molar-refractivity contribution in [3.63, 3.8) is 0 Å². The van der Waals surface area contributed by atoms with Crippen LogP contribution in [0.3, 0.4) is 0 Å². The van der Waals surface area contributed by atoms with E-state index in [2.05, 4.69) is 0 Å². The van der Waals surface area contributed by atoms with Crippen LogP contribution in [0.15, 0.2) is 53.4 Å². The molecule has 0 spiro atoms. The van der Waals surface area contributed by atoms with Gasteiger partial charge in [0.05, 0.1) is 16.2 Å². The molecule has 24 heavy (non-hydrogen) atoms. The SMILES string of the molecule is O=C(O)c1ccc(C=C2SC(=S)N(c3ccc(Cl)cc3)C2=O)cc1. The van der Waals surface area contributed by atoms with Crippen molar-refractivity contribution in [2.45, 2.75) is 0 Å². The Hall–Kier alpha value is -2.15. The van der Waals surface area contributed by atoms with Crippen LogP contribution in [0.25, 0.3) is 6.08 Å². The van der Waals surface area contributed by atoms with Crippen LogP contribution < -0.4 is 4.90 Å². The Bertz CT molecular complexity index is 860. The number of carbonyl (C=O) groups excluding carboxylic acids is 1. The lowest BCUT2D eigenvalue weighted by Crippen LogP contribution is -2.27. The molecule has 0 aliphatic carbocycles. The largest absolute Gasteiger partial charge is 0.478 e. The van der Waals surface area contributed by atoms with E-state index in [4.69, 9.17) is 28.9 Å². The van der Waals surface area contributed by atoms with Gasteiger partial charge >= 0.3 is 5.97 Å². The summed E-state index contributed by atoms with van der Waals surface area (Å²) in [5, 5.41) is 9.49. The van der Waals surface area contributed by atoms with E-state index in [0.717, 1.165) is 5.56 Å². The predicted molar refractivity (Wildman–Crippen MR) is 101 cm³/mol. The first-order chi connectivity index (χ1) is 11.5. The maximum Gasteiger partial charge on any atom is 0.335 e. The Balaban J connectivity index is 1.87. The molecule has 0 bridgehead atoms. The second kappa shape index (κ2) is 6.76. The lowest BCUT2D eigenvalue weighted by molar-refractivity contribution is -0.113. The number of carbonyl (C=O) groups is 2. The van der Waals surface area contributed by atoms with Crippen LogP contribution in [0.1, 0.15) is 15.9 Å². The van der Waals surface area contributed by atoms with Gasteiger partial charge in [-0.2, -0.15) is 0 Å². The third kappa shape index (κ3) is 3.36. The van der Waals surface area contributed by atoms with Gasteiger partial charge in [0.1, 0.15) is 0 Å². The van der Waals surface area contributed by atoms with Crippen LogP contribution in [0.5, 0.6) is 0 Å². The molecule has 1 amide bonds. The summed E-state index contributed by atoms with van der Waals surface area (Å²) >= 11 is 12.4. The number of hydrogen-bond donors (Lipinski definition) is 1. The van der Waals surface area contributed by atoms with E-state index in [9.17, 15) is 9.59 Å². The van der Waals surface area contributed by atoms with Crippen molar-refractivity contribution < 1.29 is 14.7 Å². The van der Waals surface area contributed by atoms with Crippen molar-refractivity contribution in [2.75, 3.05) is 4.90 Å². The maximum atomic E-state index is 12.6. The topological polar surface area (TPSA) is 57.6 Å². The number of halogens is 1. The minimum Gasteiger partial charge on any atom is -0.478 e. The number of hydrogen-bond acceptors (Lipinski definition) is 4. The van der Waals surface area contributed by atoms with Gasteiger partial charge < -0.3 is 5.11 Å². The smallest absolute Gasteiger partial charge is 0.335 e. The van der Waals surface area contributed by atoms with E-state index in [1.165, 1.54) is 28.8 Å². The molecule has 1 saturated heterocycles. The van der Waals surface area contributed by atoms with Crippen molar-refractivity contribution in [3.8, 4) is 0 Å². The number of anilines is 1. The number of amides is 1.